The molecule has 0 aliphatic carbocycles. The van der Waals surface area contributed by atoms with Gasteiger partial charge in [-0.15, -0.1) is 0 Å². The molecule has 1 fully saturated rings. The zero-order chi connectivity index (χ0) is 21.6. The van der Waals surface area contributed by atoms with E-state index >= 15 is 0 Å². The Morgan fingerprint density at radius 1 is 1.17 bits per heavy atom. The molecule has 1 aliphatic rings. The molecule has 2 aromatic heterocycles. The summed E-state index contributed by atoms with van der Waals surface area (Å²) < 4.78 is 26.8. The van der Waals surface area contributed by atoms with Crippen molar-refractivity contribution in [1.29, 1.82) is 0 Å². The molecule has 8 nitrogen and oxygen atoms in total. The fraction of sp³-hybridized carbons (Fsp3) is 0.450. The van der Waals surface area contributed by atoms with E-state index in [1.54, 1.807) is 12.1 Å². The Hall–Kier alpha value is -2.46. The van der Waals surface area contributed by atoms with Crippen LogP contribution in [0.3, 0.4) is 0 Å². The Morgan fingerprint density at radius 2 is 1.87 bits per heavy atom. The van der Waals surface area contributed by atoms with Crippen molar-refractivity contribution < 1.29 is 13.2 Å². The first-order valence-electron chi connectivity index (χ1n) is 9.85. The number of anilines is 1. The molecule has 10 heteroatoms. The highest BCUT2D eigenvalue weighted by molar-refractivity contribution is 7.91. The number of fused-ring (bicyclic) bond motifs is 1. The van der Waals surface area contributed by atoms with Crippen molar-refractivity contribution in [2.45, 2.75) is 31.7 Å². The monoisotopic (exact) mass is 447 g/mol. The van der Waals surface area contributed by atoms with E-state index in [9.17, 15) is 13.2 Å². The Bertz CT molecular complexity index is 1200. The summed E-state index contributed by atoms with van der Waals surface area (Å²) in [5, 5.41) is 5.25. The van der Waals surface area contributed by atoms with Crippen LogP contribution >= 0.6 is 11.3 Å². The molecular weight excluding hydrogens is 422 g/mol. The van der Waals surface area contributed by atoms with Gasteiger partial charge in [-0.05, 0) is 39.0 Å². The molecule has 1 aromatic carbocycles. The number of thiazole rings is 1. The second kappa shape index (κ2) is 7.66. The number of hydrogen-bond donors (Lipinski definition) is 0. The van der Waals surface area contributed by atoms with E-state index in [0.29, 0.717) is 37.4 Å². The molecule has 0 atom stereocenters. The lowest BCUT2D eigenvalue weighted by molar-refractivity contribution is 0.0739. The second-order valence-electron chi connectivity index (χ2n) is 7.86. The van der Waals surface area contributed by atoms with Gasteiger partial charge in [-0.3, -0.25) is 9.48 Å². The van der Waals surface area contributed by atoms with Crippen LogP contribution in [-0.2, 0) is 9.84 Å². The lowest BCUT2D eigenvalue weighted by atomic mass is 10.2. The summed E-state index contributed by atoms with van der Waals surface area (Å²) in [6, 6.07) is 7.28. The molecule has 0 saturated carbocycles. The summed E-state index contributed by atoms with van der Waals surface area (Å²) in [5.74, 6) is -0.0548. The number of benzene rings is 1. The van der Waals surface area contributed by atoms with Crippen molar-refractivity contribution >= 4 is 42.4 Å². The molecule has 160 valence electrons. The zero-order valence-electron chi connectivity index (χ0n) is 17.5. The summed E-state index contributed by atoms with van der Waals surface area (Å²) >= 11 is 1.48. The topological polar surface area (TPSA) is 88.4 Å². The van der Waals surface area contributed by atoms with Gasteiger partial charge in [-0.2, -0.15) is 5.10 Å². The normalized spacial score (nSPS) is 15.4. The second-order valence-corrected chi connectivity index (χ2v) is 10.9. The van der Waals surface area contributed by atoms with E-state index in [4.69, 9.17) is 0 Å². The van der Waals surface area contributed by atoms with E-state index in [-0.39, 0.29) is 16.8 Å². The number of para-hydroxylation sites is 1. The molecule has 1 aliphatic heterocycles. The minimum absolute atomic E-state index is 0.0548. The molecule has 3 heterocycles. The van der Waals surface area contributed by atoms with Gasteiger partial charge in [-0.1, -0.05) is 17.4 Å². The van der Waals surface area contributed by atoms with Crippen LogP contribution in [-0.4, -0.2) is 66.4 Å². The van der Waals surface area contributed by atoms with Crippen molar-refractivity contribution in [3.63, 3.8) is 0 Å². The number of aromatic nitrogens is 3. The van der Waals surface area contributed by atoms with Crippen LogP contribution in [0.1, 0.15) is 36.1 Å². The maximum atomic E-state index is 12.9. The summed E-state index contributed by atoms with van der Waals surface area (Å²) in [6.07, 6.45) is 1.20. The van der Waals surface area contributed by atoms with Gasteiger partial charge in [0.25, 0.3) is 5.91 Å². The Balaban J connectivity index is 1.50. The molecule has 0 N–H and O–H groups in total. The number of carbonyl (C=O) groups excluding carboxylic acids is 1. The molecule has 4 rings (SSSR count). The standard InChI is InChI=1S/C20H25N5O3S2/c1-13(2)25-14(3)12-15(22-25)19(26)23-8-10-24(11-9-23)20-21-18-16(29-20)6-5-7-17(18)30(4,27)28/h5-7,12-13H,8-11H2,1-4H3. The van der Waals surface area contributed by atoms with Gasteiger partial charge in [0.15, 0.2) is 20.7 Å². The summed E-state index contributed by atoms with van der Waals surface area (Å²) in [7, 11) is -3.34. The highest BCUT2D eigenvalue weighted by Gasteiger charge is 2.26. The van der Waals surface area contributed by atoms with Crippen molar-refractivity contribution in [2.75, 3.05) is 37.3 Å². The van der Waals surface area contributed by atoms with Gasteiger partial charge in [-0.25, -0.2) is 13.4 Å². The zero-order valence-corrected chi connectivity index (χ0v) is 19.1. The molecule has 0 radical (unpaired) electrons. The van der Waals surface area contributed by atoms with Gasteiger partial charge >= 0.3 is 0 Å². The molecule has 1 amide bonds. The molecule has 3 aromatic rings. The third-order valence-electron chi connectivity index (χ3n) is 5.24. The van der Waals surface area contributed by atoms with Crippen LogP contribution in [0, 0.1) is 6.92 Å². The van der Waals surface area contributed by atoms with Crippen LogP contribution in [0.15, 0.2) is 29.2 Å². The third-order valence-corrected chi connectivity index (χ3v) is 7.45. The van der Waals surface area contributed by atoms with Crippen LogP contribution in [0.5, 0.6) is 0 Å². The highest BCUT2D eigenvalue weighted by atomic mass is 32.2. The number of amides is 1. The lowest BCUT2D eigenvalue weighted by Gasteiger charge is -2.34. The van der Waals surface area contributed by atoms with Gasteiger partial charge in [0.2, 0.25) is 0 Å². The van der Waals surface area contributed by atoms with E-state index in [1.165, 1.54) is 17.6 Å². The van der Waals surface area contributed by atoms with Crippen molar-refractivity contribution in [2.24, 2.45) is 0 Å². The fourth-order valence-corrected chi connectivity index (χ4v) is 5.67. The number of hydrogen-bond acceptors (Lipinski definition) is 7. The number of nitrogens with zero attached hydrogens (tertiary/aromatic N) is 5. The number of aryl methyl sites for hydroxylation is 1. The predicted octanol–water partition coefficient (Wildman–Crippen LogP) is 2.75. The molecule has 1 saturated heterocycles. The third kappa shape index (κ3) is 3.81. The van der Waals surface area contributed by atoms with Crippen LogP contribution in [0.25, 0.3) is 10.2 Å². The van der Waals surface area contributed by atoms with Crippen LogP contribution in [0.4, 0.5) is 5.13 Å². The van der Waals surface area contributed by atoms with Crippen molar-refractivity contribution in [1.82, 2.24) is 19.7 Å². The van der Waals surface area contributed by atoms with E-state index in [2.05, 4.69) is 15.0 Å². The predicted molar refractivity (Wildman–Crippen MR) is 118 cm³/mol. The fourth-order valence-electron chi connectivity index (χ4n) is 3.72. The van der Waals surface area contributed by atoms with E-state index in [1.807, 2.05) is 42.5 Å². The summed E-state index contributed by atoms with van der Waals surface area (Å²) in [4.78, 5) is 21.7. The molecule has 0 bridgehead atoms. The first-order valence-corrected chi connectivity index (χ1v) is 12.6. The Morgan fingerprint density at radius 3 is 2.47 bits per heavy atom. The first kappa shape index (κ1) is 20.8. The van der Waals surface area contributed by atoms with Gasteiger partial charge in [0.05, 0.1) is 9.60 Å². The SMILES string of the molecule is Cc1cc(C(=O)N2CCN(c3nc4c(S(C)(=O)=O)cccc4s3)CC2)nn1C(C)C. The molecule has 0 unspecified atom stereocenters. The maximum absolute atomic E-state index is 12.9. The smallest absolute Gasteiger partial charge is 0.274 e. The summed E-state index contributed by atoms with van der Waals surface area (Å²) in [5.41, 5.74) is 1.98. The minimum Gasteiger partial charge on any atom is -0.345 e. The molecule has 30 heavy (non-hydrogen) atoms. The number of rotatable bonds is 4. The largest absolute Gasteiger partial charge is 0.345 e. The van der Waals surface area contributed by atoms with Gasteiger partial charge in [0.1, 0.15) is 5.52 Å². The average Bonchev–Trinajstić information content (AvgIpc) is 3.30. The molecule has 0 spiro atoms. The Kier molecular flexibility index (Phi) is 5.31. The number of carbonyl (C=O) groups is 1. The first-order chi connectivity index (χ1) is 14.1. The van der Waals surface area contributed by atoms with Crippen molar-refractivity contribution in [3.05, 3.63) is 35.7 Å². The van der Waals surface area contributed by atoms with E-state index in [0.717, 1.165) is 15.5 Å². The highest BCUT2D eigenvalue weighted by Crippen LogP contribution is 2.33. The van der Waals surface area contributed by atoms with Crippen LogP contribution in [0.2, 0.25) is 0 Å². The van der Waals surface area contributed by atoms with E-state index < -0.39 is 9.84 Å². The van der Waals surface area contributed by atoms with Gasteiger partial charge in [0, 0.05) is 44.2 Å². The number of piperazine rings is 1. The minimum atomic E-state index is -3.34. The van der Waals surface area contributed by atoms with Crippen molar-refractivity contribution in [3.8, 4) is 0 Å². The van der Waals surface area contributed by atoms with Gasteiger partial charge < -0.3 is 9.80 Å². The lowest BCUT2D eigenvalue weighted by Crippen LogP contribution is -2.48. The quantitative estimate of drug-likeness (QED) is 0.611. The number of sulfone groups is 1. The average molecular weight is 448 g/mol. The molecular formula is C20H25N5O3S2. The maximum Gasteiger partial charge on any atom is 0.274 e. The summed E-state index contributed by atoms with van der Waals surface area (Å²) in [6.45, 7) is 8.47. The van der Waals surface area contributed by atoms with Crippen LogP contribution < -0.4 is 4.90 Å². The Labute approximate surface area is 180 Å².